The number of halogens is 2. The van der Waals surface area contributed by atoms with Crippen molar-refractivity contribution in [2.24, 2.45) is 0 Å². The third-order valence-corrected chi connectivity index (χ3v) is 2.11. The average molecular weight is 239 g/mol. The van der Waals surface area contributed by atoms with Crippen LogP contribution in [-0.4, -0.2) is 26.1 Å². The van der Waals surface area contributed by atoms with Crippen molar-refractivity contribution < 1.29 is 18.7 Å². The van der Waals surface area contributed by atoms with Crippen molar-refractivity contribution in [2.75, 3.05) is 0 Å². The molecule has 0 bridgehead atoms. The van der Waals surface area contributed by atoms with Gasteiger partial charge in [-0.15, -0.1) is 5.10 Å². The quantitative estimate of drug-likeness (QED) is 0.882. The second kappa shape index (κ2) is 3.93. The smallest absolute Gasteiger partial charge is 0.442 e. The van der Waals surface area contributed by atoms with Crippen LogP contribution in [0.15, 0.2) is 36.5 Å². The first-order chi connectivity index (χ1) is 8.01. The number of benzene rings is 1. The molecule has 2 aromatic rings. The molecule has 0 fully saturated rings. The van der Waals surface area contributed by atoms with Crippen LogP contribution in [0, 0.1) is 0 Å². The molecule has 0 saturated carbocycles. The number of nitrogens with zero attached hydrogens (tertiary/aromatic N) is 3. The van der Waals surface area contributed by atoms with E-state index in [0.717, 1.165) is 6.20 Å². The molecule has 0 aliphatic heterocycles. The molecule has 17 heavy (non-hydrogen) atoms. The summed E-state index contributed by atoms with van der Waals surface area (Å²) in [5.74, 6) is -2.28. The average Bonchev–Trinajstić information content (AvgIpc) is 2.80. The number of aromatic nitrogens is 3. The molecule has 1 heterocycles. The minimum absolute atomic E-state index is 0.0255. The van der Waals surface area contributed by atoms with Crippen molar-refractivity contribution in [1.29, 1.82) is 0 Å². The van der Waals surface area contributed by atoms with E-state index in [4.69, 9.17) is 5.11 Å². The van der Waals surface area contributed by atoms with Crippen molar-refractivity contribution in [2.45, 2.75) is 6.05 Å². The molecule has 2 rings (SSSR count). The Hall–Kier alpha value is -2.31. The molecular formula is C10H7F2N3O2. The Morgan fingerprint density at radius 1 is 1.29 bits per heavy atom. The molecule has 0 amide bonds. The lowest BCUT2D eigenvalue weighted by molar-refractivity contribution is -0.183. The molecule has 0 saturated heterocycles. The summed E-state index contributed by atoms with van der Waals surface area (Å²) >= 11 is 0. The van der Waals surface area contributed by atoms with Crippen LogP contribution in [0.1, 0.15) is 0 Å². The summed E-state index contributed by atoms with van der Waals surface area (Å²) in [4.78, 5) is 10.3. The number of carboxylic acids is 1. The highest BCUT2D eigenvalue weighted by Gasteiger charge is 2.42. The monoisotopic (exact) mass is 239 g/mol. The molecular weight excluding hydrogens is 232 g/mol. The van der Waals surface area contributed by atoms with Crippen LogP contribution in [0.2, 0.25) is 0 Å². The van der Waals surface area contributed by atoms with Gasteiger partial charge in [-0.25, -0.2) is 4.79 Å². The van der Waals surface area contributed by atoms with Gasteiger partial charge in [0.1, 0.15) is 5.69 Å². The van der Waals surface area contributed by atoms with E-state index in [0.29, 0.717) is 5.56 Å². The maximum Gasteiger partial charge on any atom is 0.442 e. The van der Waals surface area contributed by atoms with Gasteiger partial charge >= 0.3 is 12.0 Å². The summed E-state index contributed by atoms with van der Waals surface area (Å²) in [6.45, 7) is 0. The van der Waals surface area contributed by atoms with Crippen LogP contribution < -0.4 is 0 Å². The zero-order valence-electron chi connectivity index (χ0n) is 8.42. The summed E-state index contributed by atoms with van der Waals surface area (Å²) in [6.07, 6.45) is 0.892. The maximum atomic E-state index is 13.1. The fraction of sp³-hybridized carbons (Fsp3) is 0.100. The fourth-order valence-electron chi connectivity index (χ4n) is 1.24. The second-order valence-corrected chi connectivity index (χ2v) is 3.26. The van der Waals surface area contributed by atoms with Crippen LogP contribution >= 0.6 is 0 Å². The summed E-state index contributed by atoms with van der Waals surface area (Å²) in [5.41, 5.74) is 0.770. The van der Waals surface area contributed by atoms with Gasteiger partial charge in [-0.3, -0.25) is 0 Å². The number of alkyl halides is 2. The third kappa shape index (κ3) is 1.99. The van der Waals surface area contributed by atoms with Gasteiger partial charge < -0.3 is 5.11 Å². The number of hydrogen-bond donors (Lipinski definition) is 1. The molecule has 0 aliphatic carbocycles. The van der Waals surface area contributed by atoms with Crippen LogP contribution in [-0.2, 0) is 10.8 Å². The molecule has 0 spiro atoms. The van der Waals surface area contributed by atoms with Gasteiger partial charge in [0.25, 0.3) is 0 Å². The van der Waals surface area contributed by atoms with E-state index in [2.05, 4.69) is 10.3 Å². The number of rotatable bonds is 3. The van der Waals surface area contributed by atoms with Gasteiger partial charge in [-0.1, -0.05) is 35.5 Å². The first kappa shape index (κ1) is 11.2. The summed E-state index contributed by atoms with van der Waals surface area (Å²) in [5, 5.41) is 15.0. The normalized spacial score (nSPS) is 11.4. The van der Waals surface area contributed by atoms with E-state index < -0.39 is 12.0 Å². The van der Waals surface area contributed by atoms with Gasteiger partial charge in [0.2, 0.25) is 0 Å². The number of hydrogen-bond acceptors (Lipinski definition) is 3. The molecule has 0 atom stereocenters. The van der Waals surface area contributed by atoms with Gasteiger partial charge in [-0.2, -0.15) is 13.5 Å². The lowest BCUT2D eigenvalue weighted by atomic mass is 10.2. The molecule has 5 nitrogen and oxygen atoms in total. The molecule has 1 N–H and O–H groups in total. The Labute approximate surface area is 94.3 Å². The minimum Gasteiger partial charge on any atom is -0.475 e. The summed E-state index contributed by atoms with van der Waals surface area (Å²) in [6, 6.07) is 4.41. The van der Waals surface area contributed by atoms with Gasteiger partial charge in [-0.05, 0) is 0 Å². The first-order valence-corrected chi connectivity index (χ1v) is 4.61. The Morgan fingerprint density at radius 3 is 2.53 bits per heavy atom. The standard InChI is InChI=1S/C10H7F2N3O2/c11-10(12,9(16)17)15-6-8(13-14-15)7-4-2-1-3-5-7/h1-6H,(H,16,17). The largest absolute Gasteiger partial charge is 0.475 e. The first-order valence-electron chi connectivity index (χ1n) is 4.61. The van der Waals surface area contributed by atoms with E-state index in [1.807, 2.05) is 0 Å². The zero-order chi connectivity index (χ0) is 12.5. The highest BCUT2D eigenvalue weighted by molar-refractivity contribution is 5.73. The fourth-order valence-corrected chi connectivity index (χ4v) is 1.24. The zero-order valence-corrected chi connectivity index (χ0v) is 8.42. The van der Waals surface area contributed by atoms with Crippen molar-refractivity contribution >= 4 is 5.97 Å². The van der Waals surface area contributed by atoms with E-state index in [-0.39, 0.29) is 10.4 Å². The predicted molar refractivity (Wildman–Crippen MR) is 53.3 cm³/mol. The lowest BCUT2D eigenvalue weighted by Gasteiger charge is -2.08. The minimum atomic E-state index is -4.10. The molecule has 0 unspecified atom stereocenters. The van der Waals surface area contributed by atoms with Crippen molar-refractivity contribution in [1.82, 2.24) is 15.0 Å². The van der Waals surface area contributed by atoms with Crippen LogP contribution in [0.3, 0.4) is 0 Å². The Bertz CT molecular complexity index is 539. The molecule has 7 heteroatoms. The van der Waals surface area contributed by atoms with Gasteiger partial charge in [0, 0.05) is 5.56 Å². The molecule has 1 aromatic heterocycles. The van der Waals surface area contributed by atoms with Crippen molar-refractivity contribution in [3.05, 3.63) is 36.5 Å². The molecule has 1 aromatic carbocycles. The molecule has 88 valence electrons. The SMILES string of the molecule is O=C(O)C(F)(F)n1cc(-c2ccccc2)nn1. The van der Waals surface area contributed by atoms with Crippen LogP contribution in [0.5, 0.6) is 0 Å². The van der Waals surface area contributed by atoms with Crippen LogP contribution in [0.25, 0.3) is 11.3 Å². The Balaban J connectivity index is 2.38. The topological polar surface area (TPSA) is 68.0 Å². The maximum absolute atomic E-state index is 13.1. The van der Waals surface area contributed by atoms with Gasteiger partial charge in [0.05, 0.1) is 6.20 Å². The molecule has 0 aliphatic rings. The van der Waals surface area contributed by atoms with E-state index in [1.54, 1.807) is 30.3 Å². The third-order valence-electron chi connectivity index (χ3n) is 2.11. The van der Waals surface area contributed by atoms with Gasteiger partial charge in [0.15, 0.2) is 0 Å². The van der Waals surface area contributed by atoms with Crippen molar-refractivity contribution in [3.8, 4) is 11.3 Å². The number of aliphatic carboxylic acids is 1. The highest BCUT2D eigenvalue weighted by Crippen LogP contribution is 2.22. The van der Waals surface area contributed by atoms with E-state index in [9.17, 15) is 13.6 Å². The van der Waals surface area contributed by atoms with E-state index >= 15 is 0 Å². The van der Waals surface area contributed by atoms with Crippen LogP contribution in [0.4, 0.5) is 8.78 Å². The highest BCUT2D eigenvalue weighted by atomic mass is 19.3. The predicted octanol–water partition coefficient (Wildman–Crippen LogP) is 1.58. The number of carbonyl (C=O) groups is 1. The second-order valence-electron chi connectivity index (χ2n) is 3.26. The summed E-state index contributed by atoms with van der Waals surface area (Å²) in [7, 11) is 0. The van der Waals surface area contributed by atoms with Crippen molar-refractivity contribution in [3.63, 3.8) is 0 Å². The lowest BCUT2D eigenvalue weighted by Crippen LogP contribution is -2.33. The Morgan fingerprint density at radius 2 is 1.94 bits per heavy atom. The Kier molecular flexibility index (Phi) is 2.58. The number of carboxylic acid groups (broad SMARTS) is 1. The molecule has 0 radical (unpaired) electrons. The van der Waals surface area contributed by atoms with E-state index in [1.165, 1.54) is 0 Å². The summed E-state index contributed by atoms with van der Waals surface area (Å²) < 4.78 is 26.2.